The molecule has 2 aliphatic rings. The highest BCUT2D eigenvalue weighted by Gasteiger charge is 2.30. The molecule has 0 saturated carbocycles. The van der Waals surface area contributed by atoms with Gasteiger partial charge in [0.2, 0.25) is 5.91 Å². The van der Waals surface area contributed by atoms with Gasteiger partial charge in [-0.1, -0.05) is 12.1 Å². The normalized spacial score (nSPS) is 19.3. The molecule has 0 aliphatic carbocycles. The van der Waals surface area contributed by atoms with E-state index in [-0.39, 0.29) is 35.4 Å². The number of anilines is 1. The van der Waals surface area contributed by atoms with Crippen LogP contribution in [0.3, 0.4) is 0 Å². The lowest BCUT2D eigenvalue weighted by molar-refractivity contribution is -0.130. The number of sulfonamides is 1. The standard InChI is InChI=1S/C21H23FN4O3S/c22-16-6-8-17(9-7-16)25-12-3-13-26(15-14-25)20(27)10-11-23-21-18-4-1-2-5-19(18)30(28,29)24-21/h1-2,4-9H,3,10-15H2,(H,23,24). The van der Waals surface area contributed by atoms with Crippen molar-refractivity contribution in [3.8, 4) is 0 Å². The van der Waals surface area contributed by atoms with E-state index in [1.807, 2.05) is 4.90 Å². The maximum atomic E-state index is 13.1. The lowest BCUT2D eigenvalue weighted by atomic mass is 10.2. The molecule has 1 fully saturated rings. The molecule has 1 amide bonds. The summed E-state index contributed by atoms with van der Waals surface area (Å²) in [6, 6.07) is 13.1. The number of carbonyl (C=O) groups excluding carboxylic acids is 1. The van der Waals surface area contributed by atoms with Gasteiger partial charge in [-0.25, -0.2) is 12.8 Å². The smallest absolute Gasteiger partial charge is 0.263 e. The number of fused-ring (bicyclic) bond motifs is 1. The summed E-state index contributed by atoms with van der Waals surface area (Å²) in [6.45, 7) is 2.93. The Morgan fingerprint density at radius 3 is 2.60 bits per heavy atom. The van der Waals surface area contributed by atoms with Crippen LogP contribution < -0.4 is 9.62 Å². The van der Waals surface area contributed by atoms with Crippen LogP contribution in [-0.4, -0.2) is 57.8 Å². The second-order valence-corrected chi connectivity index (χ2v) is 8.93. The molecular formula is C21H23FN4O3S. The van der Waals surface area contributed by atoms with E-state index in [2.05, 4.69) is 14.6 Å². The number of benzene rings is 2. The number of amidine groups is 1. The maximum absolute atomic E-state index is 13.1. The molecule has 4 rings (SSSR count). The first-order valence-electron chi connectivity index (χ1n) is 9.89. The van der Waals surface area contributed by atoms with Crippen LogP contribution in [0.25, 0.3) is 0 Å². The highest BCUT2D eigenvalue weighted by atomic mass is 32.2. The third kappa shape index (κ3) is 4.30. The molecule has 0 aromatic heterocycles. The minimum absolute atomic E-state index is 0.00514. The number of amides is 1. The molecule has 0 bridgehead atoms. The van der Waals surface area contributed by atoms with E-state index in [0.29, 0.717) is 25.2 Å². The van der Waals surface area contributed by atoms with Crippen LogP contribution in [-0.2, 0) is 14.8 Å². The van der Waals surface area contributed by atoms with Gasteiger partial charge in [0.15, 0.2) is 0 Å². The number of halogens is 1. The Morgan fingerprint density at radius 2 is 1.80 bits per heavy atom. The Labute approximate surface area is 175 Å². The van der Waals surface area contributed by atoms with Crippen molar-refractivity contribution < 1.29 is 17.6 Å². The average molecular weight is 431 g/mol. The Kier molecular flexibility index (Phi) is 5.72. The molecule has 9 heteroatoms. The predicted octanol–water partition coefficient (Wildman–Crippen LogP) is 1.99. The molecule has 2 aromatic carbocycles. The summed E-state index contributed by atoms with van der Waals surface area (Å²) < 4.78 is 39.8. The van der Waals surface area contributed by atoms with E-state index in [0.717, 1.165) is 18.7 Å². The minimum Gasteiger partial charge on any atom is -0.370 e. The molecule has 30 heavy (non-hydrogen) atoms. The molecule has 0 radical (unpaired) electrons. The van der Waals surface area contributed by atoms with Crippen LogP contribution in [0.2, 0.25) is 0 Å². The maximum Gasteiger partial charge on any atom is 0.263 e. The molecule has 1 N–H and O–H groups in total. The van der Waals surface area contributed by atoms with Crippen LogP contribution in [0.4, 0.5) is 10.1 Å². The van der Waals surface area contributed by atoms with E-state index in [9.17, 15) is 17.6 Å². The SMILES string of the molecule is O=C(CCN=C1NS(=O)(=O)c2ccccc21)N1CCCN(c2ccc(F)cc2)CC1. The number of nitrogens with one attached hydrogen (secondary N) is 1. The largest absolute Gasteiger partial charge is 0.370 e. The summed E-state index contributed by atoms with van der Waals surface area (Å²) in [5.74, 6) is 0.0189. The van der Waals surface area contributed by atoms with Gasteiger partial charge < -0.3 is 9.80 Å². The Balaban J connectivity index is 1.34. The van der Waals surface area contributed by atoms with Crippen LogP contribution in [0.1, 0.15) is 18.4 Å². The van der Waals surface area contributed by atoms with E-state index in [1.165, 1.54) is 18.2 Å². The van der Waals surface area contributed by atoms with Crippen molar-refractivity contribution in [2.75, 3.05) is 37.6 Å². The van der Waals surface area contributed by atoms with Gasteiger partial charge in [0.05, 0.1) is 11.4 Å². The third-order valence-electron chi connectivity index (χ3n) is 5.30. The van der Waals surface area contributed by atoms with Crippen molar-refractivity contribution >= 4 is 27.5 Å². The fourth-order valence-electron chi connectivity index (χ4n) is 3.75. The lowest BCUT2D eigenvalue weighted by Gasteiger charge is -2.23. The van der Waals surface area contributed by atoms with Gasteiger partial charge in [-0.15, -0.1) is 0 Å². The third-order valence-corrected chi connectivity index (χ3v) is 6.70. The summed E-state index contributed by atoms with van der Waals surface area (Å²) in [5, 5.41) is 0. The summed E-state index contributed by atoms with van der Waals surface area (Å²) >= 11 is 0. The van der Waals surface area contributed by atoms with Crippen LogP contribution >= 0.6 is 0 Å². The molecule has 2 aromatic rings. The summed E-state index contributed by atoms with van der Waals surface area (Å²) in [7, 11) is -3.57. The van der Waals surface area contributed by atoms with E-state index < -0.39 is 10.0 Å². The van der Waals surface area contributed by atoms with Crippen LogP contribution in [0.5, 0.6) is 0 Å². The number of hydrogen-bond acceptors (Lipinski definition) is 5. The number of hydrogen-bond donors (Lipinski definition) is 1. The molecule has 0 spiro atoms. The number of nitrogens with zero attached hydrogens (tertiary/aromatic N) is 3. The van der Waals surface area contributed by atoms with E-state index in [4.69, 9.17) is 0 Å². The molecule has 7 nitrogen and oxygen atoms in total. The van der Waals surface area contributed by atoms with Crippen molar-refractivity contribution in [1.82, 2.24) is 9.62 Å². The van der Waals surface area contributed by atoms with Gasteiger partial charge in [0, 0.05) is 43.9 Å². The Bertz CT molecular complexity index is 1070. The van der Waals surface area contributed by atoms with Crippen molar-refractivity contribution in [3.63, 3.8) is 0 Å². The zero-order valence-corrected chi connectivity index (χ0v) is 17.2. The van der Waals surface area contributed by atoms with Gasteiger partial charge in [-0.3, -0.25) is 14.5 Å². The average Bonchev–Trinajstić information content (AvgIpc) is 2.89. The highest BCUT2D eigenvalue weighted by Crippen LogP contribution is 2.22. The topological polar surface area (TPSA) is 82.1 Å². The minimum atomic E-state index is -3.57. The second-order valence-electron chi connectivity index (χ2n) is 7.28. The number of rotatable bonds is 4. The van der Waals surface area contributed by atoms with Crippen LogP contribution in [0, 0.1) is 5.82 Å². The molecule has 1 saturated heterocycles. The number of aliphatic imine (C=N–C) groups is 1. The van der Waals surface area contributed by atoms with Gasteiger partial charge in [0.1, 0.15) is 11.7 Å². The summed E-state index contributed by atoms with van der Waals surface area (Å²) in [5.41, 5.74) is 1.49. The molecular weight excluding hydrogens is 407 g/mol. The zero-order chi connectivity index (χ0) is 21.1. The fourth-order valence-corrected chi connectivity index (χ4v) is 5.00. The predicted molar refractivity (Wildman–Crippen MR) is 113 cm³/mol. The van der Waals surface area contributed by atoms with Crippen molar-refractivity contribution in [3.05, 3.63) is 59.9 Å². The van der Waals surface area contributed by atoms with Gasteiger partial charge in [0.25, 0.3) is 10.0 Å². The van der Waals surface area contributed by atoms with E-state index >= 15 is 0 Å². The number of carbonyl (C=O) groups is 1. The van der Waals surface area contributed by atoms with Crippen molar-refractivity contribution in [2.24, 2.45) is 4.99 Å². The van der Waals surface area contributed by atoms with Crippen molar-refractivity contribution in [2.45, 2.75) is 17.7 Å². The summed E-state index contributed by atoms with van der Waals surface area (Å²) in [4.78, 5) is 21.1. The van der Waals surface area contributed by atoms with Gasteiger partial charge >= 0.3 is 0 Å². The first kappa shape index (κ1) is 20.3. The van der Waals surface area contributed by atoms with E-state index in [1.54, 1.807) is 30.3 Å². The monoisotopic (exact) mass is 430 g/mol. The highest BCUT2D eigenvalue weighted by molar-refractivity contribution is 7.90. The van der Waals surface area contributed by atoms with Gasteiger partial charge in [-0.2, -0.15) is 0 Å². The molecule has 0 atom stereocenters. The molecule has 2 aliphatic heterocycles. The van der Waals surface area contributed by atoms with Crippen molar-refractivity contribution in [1.29, 1.82) is 0 Å². The Morgan fingerprint density at radius 1 is 1.03 bits per heavy atom. The second kappa shape index (κ2) is 8.43. The molecule has 158 valence electrons. The quantitative estimate of drug-likeness (QED) is 0.804. The van der Waals surface area contributed by atoms with Gasteiger partial charge in [-0.05, 0) is 42.8 Å². The Hall–Kier alpha value is -2.94. The molecule has 0 unspecified atom stereocenters. The van der Waals surface area contributed by atoms with Crippen LogP contribution in [0.15, 0.2) is 58.4 Å². The molecule has 2 heterocycles. The zero-order valence-electron chi connectivity index (χ0n) is 16.4. The fraction of sp³-hybridized carbons (Fsp3) is 0.333. The lowest BCUT2D eigenvalue weighted by Crippen LogP contribution is -2.35. The summed E-state index contributed by atoms with van der Waals surface area (Å²) in [6.07, 6.45) is 1.04. The first-order valence-corrected chi connectivity index (χ1v) is 11.4. The first-order chi connectivity index (χ1) is 14.4.